The van der Waals surface area contributed by atoms with Gasteiger partial charge in [0.1, 0.15) is 5.82 Å². The summed E-state index contributed by atoms with van der Waals surface area (Å²) in [5.41, 5.74) is 5.43. The maximum Gasteiger partial charge on any atom is 0.239 e. The van der Waals surface area contributed by atoms with E-state index in [1.807, 2.05) is 0 Å². The van der Waals surface area contributed by atoms with E-state index in [1.54, 1.807) is 0 Å². The van der Waals surface area contributed by atoms with Crippen molar-refractivity contribution in [1.29, 1.82) is 0 Å². The van der Waals surface area contributed by atoms with Crippen molar-refractivity contribution in [3.63, 3.8) is 0 Å². The van der Waals surface area contributed by atoms with Gasteiger partial charge in [-0.25, -0.2) is 8.78 Å². The second-order valence-corrected chi connectivity index (χ2v) is 3.35. The number of anilines is 2. The smallest absolute Gasteiger partial charge is 0.239 e. The Morgan fingerprint density at radius 1 is 1.50 bits per heavy atom. The van der Waals surface area contributed by atoms with E-state index in [1.165, 1.54) is 19.0 Å². The first-order chi connectivity index (χ1) is 7.45. The van der Waals surface area contributed by atoms with Crippen LogP contribution in [0.25, 0.3) is 0 Å². The first-order valence-electron chi connectivity index (χ1n) is 4.62. The Morgan fingerprint density at radius 2 is 2.12 bits per heavy atom. The third kappa shape index (κ3) is 2.59. The van der Waals surface area contributed by atoms with Gasteiger partial charge in [-0.05, 0) is 6.07 Å². The van der Waals surface area contributed by atoms with Gasteiger partial charge >= 0.3 is 0 Å². The molecule has 0 fully saturated rings. The highest BCUT2D eigenvalue weighted by Gasteiger charge is 2.13. The molecule has 0 aliphatic rings. The summed E-state index contributed by atoms with van der Waals surface area (Å²) in [6.07, 6.45) is 0. The van der Waals surface area contributed by atoms with Gasteiger partial charge in [0, 0.05) is 20.2 Å². The molecule has 1 amide bonds. The van der Waals surface area contributed by atoms with Crippen LogP contribution in [0, 0.1) is 11.6 Å². The highest BCUT2D eigenvalue weighted by Crippen LogP contribution is 2.26. The van der Waals surface area contributed by atoms with E-state index in [9.17, 15) is 13.6 Å². The fourth-order valence-electron chi connectivity index (χ4n) is 1.27. The Kier molecular flexibility index (Phi) is 3.65. The fraction of sp³-hybridized carbons (Fsp3) is 0.300. The molecule has 0 unspecified atom stereocenters. The highest BCUT2D eigenvalue weighted by atomic mass is 19.1. The summed E-state index contributed by atoms with van der Waals surface area (Å²) in [5, 5.41) is 2.41. The van der Waals surface area contributed by atoms with Crippen molar-refractivity contribution in [3.05, 3.63) is 23.8 Å². The number of amides is 1. The Hall–Kier alpha value is -1.85. The number of nitrogen functional groups attached to an aromatic ring is 1. The van der Waals surface area contributed by atoms with E-state index in [4.69, 9.17) is 5.73 Å². The molecule has 0 atom stereocenters. The van der Waals surface area contributed by atoms with Crippen molar-refractivity contribution in [3.8, 4) is 0 Å². The van der Waals surface area contributed by atoms with Gasteiger partial charge in [-0.1, -0.05) is 0 Å². The van der Waals surface area contributed by atoms with E-state index < -0.39 is 11.6 Å². The van der Waals surface area contributed by atoms with Crippen molar-refractivity contribution in [1.82, 2.24) is 5.32 Å². The monoisotopic (exact) mass is 229 g/mol. The van der Waals surface area contributed by atoms with Crippen molar-refractivity contribution in [2.24, 2.45) is 0 Å². The average Bonchev–Trinajstić information content (AvgIpc) is 2.22. The van der Waals surface area contributed by atoms with Gasteiger partial charge in [0.15, 0.2) is 5.82 Å². The predicted molar refractivity (Wildman–Crippen MR) is 58.1 cm³/mol. The molecular weight excluding hydrogens is 216 g/mol. The lowest BCUT2D eigenvalue weighted by atomic mass is 10.2. The quantitative estimate of drug-likeness (QED) is 0.751. The molecule has 0 radical (unpaired) electrons. The fourth-order valence-corrected chi connectivity index (χ4v) is 1.27. The lowest BCUT2D eigenvalue weighted by Gasteiger charge is -2.20. The molecule has 6 heteroatoms. The third-order valence-electron chi connectivity index (χ3n) is 2.14. The normalized spacial score (nSPS) is 10.0. The zero-order chi connectivity index (χ0) is 12.3. The van der Waals surface area contributed by atoms with Crippen molar-refractivity contribution in [2.45, 2.75) is 0 Å². The number of nitrogens with two attached hydrogens (primary N) is 1. The Labute approximate surface area is 92.0 Å². The molecule has 0 heterocycles. The van der Waals surface area contributed by atoms with Gasteiger partial charge < -0.3 is 16.0 Å². The first-order valence-corrected chi connectivity index (χ1v) is 4.62. The second-order valence-electron chi connectivity index (χ2n) is 3.35. The molecule has 0 spiro atoms. The first kappa shape index (κ1) is 12.2. The van der Waals surface area contributed by atoms with Gasteiger partial charge in [0.2, 0.25) is 5.91 Å². The summed E-state index contributed by atoms with van der Waals surface area (Å²) < 4.78 is 26.1. The highest BCUT2D eigenvalue weighted by molar-refractivity contribution is 5.82. The molecule has 16 heavy (non-hydrogen) atoms. The predicted octanol–water partition coefficient (Wildman–Crippen LogP) is 0.729. The molecule has 0 aromatic heterocycles. The van der Waals surface area contributed by atoms with Crippen molar-refractivity contribution < 1.29 is 13.6 Å². The number of rotatable bonds is 3. The maximum atomic E-state index is 13.1. The number of likely N-dealkylation sites (N-methyl/N-ethyl adjacent to an activating group) is 2. The molecule has 1 aromatic carbocycles. The van der Waals surface area contributed by atoms with Gasteiger partial charge in [-0.15, -0.1) is 0 Å². The van der Waals surface area contributed by atoms with Crippen LogP contribution in [-0.4, -0.2) is 26.5 Å². The number of hydrogen-bond acceptors (Lipinski definition) is 3. The van der Waals surface area contributed by atoms with Crippen LogP contribution in [0.2, 0.25) is 0 Å². The largest absolute Gasteiger partial charge is 0.395 e. The number of benzene rings is 1. The van der Waals surface area contributed by atoms with E-state index in [0.717, 1.165) is 6.07 Å². The average molecular weight is 229 g/mol. The van der Waals surface area contributed by atoms with Gasteiger partial charge in [-0.2, -0.15) is 0 Å². The van der Waals surface area contributed by atoms with E-state index in [2.05, 4.69) is 5.32 Å². The van der Waals surface area contributed by atoms with Crippen LogP contribution < -0.4 is 16.0 Å². The topological polar surface area (TPSA) is 58.4 Å². The molecule has 0 saturated heterocycles. The summed E-state index contributed by atoms with van der Waals surface area (Å²) in [5.74, 6) is -1.84. The number of carbonyl (C=O) groups is 1. The summed E-state index contributed by atoms with van der Waals surface area (Å²) in [7, 11) is 3.01. The Morgan fingerprint density at radius 3 is 2.69 bits per heavy atom. The number of nitrogens with one attached hydrogen (secondary N) is 1. The molecular formula is C10H13F2N3O. The summed E-state index contributed by atoms with van der Waals surface area (Å²) in [4.78, 5) is 12.5. The van der Waals surface area contributed by atoms with Crippen LogP contribution in [-0.2, 0) is 4.79 Å². The summed E-state index contributed by atoms with van der Waals surface area (Å²) >= 11 is 0. The standard InChI is InChI=1S/C10H13F2N3O/c1-14-9(16)5-15(2)8-4-6(11)3-7(12)10(8)13/h3-4H,5,13H2,1-2H3,(H,14,16). The number of carbonyl (C=O) groups excluding carboxylic acids is 1. The van der Waals surface area contributed by atoms with Crippen LogP contribution in [0.1, 0.15) is 0 Å². The lowest BCUT2D eigenvalue weighted by molar-refractivity contribution is -0.119. The lowest BCUT2D eigenvalue weighted by Crippen LogP contribution is -2.33. The summed E-state index contributed by atoms with van der Waals surface area (Å²) in [6, 6.07) is 1.79. The molecule has 4 nitrogen and oxygen atoms in total. The van der Waals surface area contributed by atoms with Crippen LogP contribution in [0.4, 0.5) is 20.2 Å². The molecule has 88 valence electrons. The zero-order valence-corrected chi connectivity index (χ0v) is 9.05. The van der Waals surface area contributed by atoms with E-state index >= 15 is 0 Å². The van der Waals surface area contributed by atoms with Gasteiger partial charge in [-0.3, -0.25) is 4.79 Å². The van der Waals surface area contributed by atoms with Crippen LogP contribution in [0.3, 0.4) is 0 Å². The number of hydrogen-bond donors (Lipinski definition) is 2. The Bertz CT molecular complexity index is 409. The van der Waals surface area contributed by atoms with Gasteiger partial charge in [0.25, 0.3) is 0 Å². The molecule has 0 bridgehead atoms. The third-order valence-corrected chi connectivity index (χ3v) is 2.14. The second kappa shape index (κ2) is 4.78. The van der Waals surface area contributed by atoms with Crippen LogP contribution in [0.5, 0.6) is 0 Å². The molecule has 0 aliphatic heterocycles. The van der Waals surface area contributed by atoms with Gasteiger partial charge in [0.05, 0.1) is 17.9 Å². The molecule has 3 N–H and O–H groups in total. The van der Waals surface area contributed by atoms with E-state index in [0.29, 0.717) is 6.07 Å². The zero-order valence-electron chi connectivity index (χ0n) is 9.05. The van der Waals surface area contributed by atoms with Crippen molar-refractivity contribution >= 4 is 17.3 Å². The number of nitrogens with zero attached hydrogens (tertiary/aromatic N) is 1. The summed E-state index contributed by atoms with van der Waals surface area (Å²) in [6.45, 7) is -0.0242. The molecule has 1 rings (SSSR count). The maximum absolute atomic E-state index is 13.1. The molecule has 1 aromatic rings. The minimum Gasteiger partial charge on any atom is -0.395 e. The number of halogens is 2. The Balaban J connectivity index is 2.99. The van der Waals surface area contributed by atoms with Crippen LogP contribution >= 0.6 is 0 Å². The molecule has 0 saturated carbocycles. The minimum atomic E-state index is -0.834. The van der Waals surface area contributed by atoms with E-state index in [-0.39, 0.29) is 23.8 Å². The minimum absolute atomic E-state index is 0.0242. The SMILES string of the molecule is CNC(=O)CN(C)c1cc(F)cc(F)c1N. The van der Waals surface area contributed by atoms with Crippen LogP contribution in [0.15, 0.2) is 12.1 Å². The van der Waals surface area contributed by atoms with Crippen molar-refractivity contribution in [2.75, 3.05) is 31.3 Å². The molecule has 0 aliphatic carbocycles.